The molecule has 0 spiro atoms. The number of hydrogen-bond donors (Lipinski definition) is 1. The van der Waals surface area contributed by atoms with Crippen LogP contribution in [0.5, 0.6) is 0 Å². The minimum atomic E-state index is -0.471. The Labute approximate surface area is 124 Å². The Balaban J connectivity index is 2.14. The summed E-state index contributed by atoms with van der Waals surface area (Å²) in [5.74, 6) is 0. The van der Waals surface area contributed by atoms with Crippen molar-refractivity contribution < 1.29 is 4.92 Å². The van der Waals surface area contributed by atoms with Crippen LogP contribution in [0.4, 0.5) is 11.4 Å². The third kappa shape index (κ3) is 3.43. The third-order valence-electron chi connectivity index (χ3n) is 2.32. The number of anilines is 1. The van der Waals surface area contributed by atoms with Crippen molar-refractivity contribution in [3.8, 4) is 0 Å². The molecule has 0 saturated carbocycles. The molecule has 6 nitrogen and oxygen atoms in total. The summed E-state index contributed by atoms with van der Waals surface area (Å²) in [6, 6.07) is 6.07. The van der Waals surface area contributed by atoms with Gasteiger partial charge >= 0.3 is 0 Å². The van der Waals surface area contributed by atoms with E-state index >= 15 is 0 Å². The van der Waals surface area contributed by atoms with Crippen molar-refractivity contribution in [2.45, 2.75) is 0 Å². The van der Waals surface area contributed by atoms with Crippen LogP contribution in [0.25, 0.3) is 0 Å². The molecular formula is C12H8Cl2N4O2. The molecule has 2 aromatic rings. The molecule has 1 N–H and O–H groups in total. The lowest BCUT2D eigenvalue weighted by atomic mass is 10.2. The first kappa shape index (κ1) is 14.2. The molecule has 8 heteroatoms. The van der Waals surface area contributed by atoms with Gasteiger partial charge in [0.15, 0.2) is 0 Å². The van der Waals surface area contributed by atoms with Crippen LogP contribution in [0.2, 0.25) is 10.0 Å². The first-order chi connectivity index (χ1) is 9.58. The van der Waals surface area contributed by atoms with Gasteiger partial charge in [-0.15, -0.1) is 0 Å². The monoisotopic (exact) mass is 310 g/mol. The van der Waals surface area contributed by atoms with Gasteiger partial charge in [-0.3, -0.25) is 20.5 Å². The number of aromatic nitrogens is 1. The molecule has 0 saturated heterocycles. The molecule has 1 aromatic carbocycles. The summed E-state index contributed by atoms with van der Waals surface area (Å²) in [5, 5.41) is 15.2. The standard InChI is InChI=1S/C12H8Cl2N4O2/c13-10-6-15-7-11(14)12(10)17-16-5-8-2-1-3-9(4-8)18(19)20/h1-7H,(H,15,17)/b16-5+. The maximum Gasteiger partial charge on any atom is 0.270 e. The molecule has 0 amide bonds. The number of halogens is 2. The van der Waals surface area contributed by atoms with Gasteiger partial charge in [-0.2, -0.15) is 5.10 Å². The maximum absolute atomic E-state index is 10.6. The number of nitrogens with one attached hydrogen (secondary N) is 1. The Morgan fingerprint density at radius 3 is 2.65 bits per heavy atom. The molecule has 1 aromatic heterocycles. The minimum absolute atomic E-state index is 0.00562. The normalized spacial score (nSPS) is 10.7. The van der Waals surface area contributed by atoms with Crippen LogP contribution in [0.15, 0.2) is 41.8 Å². The second-order valence-corrected chi connectivity index (χ2v) is 4.51. The van der Waals surface area contributed by atoms with Crippen molar-refractivity contribution >= 4 is 40.8 Å². The number of nitro groups is 1. The number of benzene rings is 1. The van der Waals surface area contributed by atoms with Gasteiger partial charge in [-0.25, -0.2) is 0 Å². The fraction of sp³-hybridized carbons (Fsp3) is 0. The van der Waals surface area contributed by atoms with E-state index in [2.05, 4.69) is 15.5 Å². The highest BCUT2D eigenvalue weighted by Crippen LogP contribution is 2.28. The number of hydrazone groups is 1. The van der Waals surface area contributed by atoms with Crippen molar-refractivity contribution in [2.75, 3.05) is 5.43 Å². The molecule has 1 heterocycles. The minimum Gasteiger partial charge on any atom is -0.275 e. The van der Waals surface area contributed by atoms with E-state index in [-0.39, 0.29) is 5.69 Å². The summed E-state index contributed by atoms with van der Waals surface area (Å²) >= 11 is 11.8. The summed E-state index contributed by atoms with van der Waals surface area (Å²) in [7, 11) is 0. The van der Waals surface area contributed by atoms with Gasteiger partial charge in [0.05, 0.1) is 26.9 Å². The van der Waals surface area contributed by atoms with Crippen LogP contribution in [0, 0.1) is 10.1 Å². The zero-order chi connectivity index (χ0) is 14.5. The fourth-order valence-corrected chi connectivity index (χ4v) is 1.86. The Hall–Kier alpha value is -2.18. The highest BCUT2D eigenvalue weighted by Gasteiger charge is 2.05. The summed E-state index contributed by atoms with van der Waals surface area (Å²) in [4.78, 5) is 14.0. The lowest BCUT2D eigenvalue weighted by molar-refractivity contribution is -0.384. The lowest BCUT2D eigenvalue weighted by Crippen LogP contribution is -1.94. The van der Waals surface area contributed by atoms with E-state index in [0.717, 1.165) is 0 Å². The Morgan fingerprint density at radius 2 is 2.00 bits per heavy atom. The van der Waals surface area contributed by atoms with Crippen LogP contribution < -0.4 is 5.43 Å². The lowest BCUT2D eigenvalue weighted by Gasteiger charge is -2.04. The van der Waals surface area contributed by atoms with E-state index in [1.165, 1.54) is 30.7 Å². The predicted molar refractivity (Wildman–Crippen MR) is 78.6 cm³/mol. The van der Waals surface area contributed by atoms with Gasteiger partial charge in [-0.05, 0) is 0 Å². The Kier molecular flexibility index (Phi) is 4.49. The SMILES string of the molecule is O=[N+]([O-])c1cccc(/C=N/Nc2c(Cl)cncc2Cl)c1. The van der Waals surface area contributed by atoms with E-state index in [1.807, 2.05) is 0 Å². The van der Waals surface area contributed by atoms with Crippen LogP contribution in [-0.4, -0.2) is 16.1 Å². The molecule has 2 rings (SSSR count). The van der Waals surface area contributed by atoms with Crippen molar-refractivity contribution in [3.63, 3.8) is 0 Å². The van der Waals surface area contributed by atoms with E-state index in [0.29, 0.717) is 21.3 Å². The van der Waals surface area contributed by atoms with Crippen LogP contribution in [0.3, 0.4) is 0 Å². The number of nitro benzene ring substituents is 1. The second kappa shape index (κ2) is 6.31. The topological polar surface area (TPSA) is 80.4 Å². The predicted octanol–water partition coefficient (Wildman–Crippen LogP) is 3.74. The van der Waals surface area contributed by atoms with E-state index in [1.54, 1.807) is 12.1 Å². The average Bonchev–Trinajstić information content (AvgIpc) is 2.42. The third-order valence-corrected chi connectivity index (χ3v) is 2.90. The van der Waals surface area contributed by atoms with Crippen molar-refractivity contribution in [1.82, 2.24) is 4.98 Å². The number of pyridine rings is 1. The molecule has 0 radical (unpaired) electrons. The molecule has 0 fully saturated rings. The second-order valence-electron chi connectivity index (χ2n) is 3.70. The largest absolute Gasteiger partial charge is 0.275 e. The Morgan fingerprint density at radius 1 is 1.30 bits per heavy atom. The van der Waals surface area contributed by atoms with Crippen LogP contribution in [-0.2, 0) is 0 Å². The van der Waals surface area contributed by atoms with Crippen LogP contribution >= 0.6 is 23.2 Å². The van der Waals surface area contributed by atoms with Gasteiger partial charge in [0.2, 0.25) is 0 Å². The highest BCUT2D eigenvalue weighted by molar-refractivity contribution is 6.38. The molecule has 0 aliphatic carbocycles. The number of non-ortho nitro benzene ring substituents is 1. The number of hydrogen-bond acceptors (Lipinski definition) is 5. The van der Waals surface area contributed by atoms with E-state index in [9.17, 15) is 10.1 Å². The molecule has 20 heavy (non-hydrogen) atoms. The molecule has 0 aliphatic heterocycles. The quantitative estimate of drug-likeness (QED) is 0.530. The number of rotatable bonds is 4. The number of nitrogens with zero attached hydrogens (tertiary/aromatic N) is 3. The fourth-order valence-electron chi connectivity index (χ4n) is 1.41. The van der Waals surface area contributed by atoms with E-state index < -0.39 is 4.92 Å². The molecular weight excluding hydrogens is 303 g/mol. The molecule has 0 bridgehead atoms. The van der Waals surface area contributed by atoms with Gasteiger partial charge < -0.3 is 0 Å². The maximum atomic E-state index is 10.6. The van der Waals surface area contributed by atoms with Crippen LogP contribution in [0.1, 0.15) is 5.56 Å². The molecule has 0 atom stereocenters. The smallest absolute Gasteiger partial charge is 0.270 e. The van der Waals surface area contributed by atoms with Gasteiger partial charge in [0.1, 0.15) is 0 Å². The highest BCUT2D eigenvalue weighted by atomic mass is 35.5. The zero-order valence-corrected chi connectivity index (χ0v) is 11.5. The first-order valence-corrected chi connectivity index (χ1v) is 6.16. The molecule has 0 unspecified atom stereocenters. The zero-order valence-electron chi connectivity index (χ0n) is 9.96. The Bertz CT molecular complexity index is 656. The average molecular weight is 311 g/mol. The van der Waals surface area contributed by atoms with Crippen molar-refractivity contribution in [1.29, 1.82) is 0 Å². The van der Waals surface area contributed by atoms with Gasteiger partial charge in [0.25, 0.3) is 5.69 Å². The van der Waals surface area contributed by atoms with Crippen molar-refractivity contribution in [3.05, 3.63) is 62.4 Å². The van der Waals surface area contributed by atoms with Gasteiger partial charge in [-0.1, -0.05) is 35.3 Å². The summed E-state index contributed by atoms with van der Waals surface area (Å²) < 4.78 is 0. The first-order valence-electron chi connectivity index (χ1n) is 5.40. The summed E-state index contributed by atoms with van der Waals surface area (Å²) in [6.45, 7) is 0. The van der Waals surface area contributed by atoms with Crippen molar-refractivity contribution in [2.24, 2.45) is 5.10 Å². The molecule has 102 valence electrons. The van der Waals surface area contributed by atoms with E-state index in [4.69, 9.17) is 23.2 Å². The summed E-state index contributed by atoms with van der Waals surface area (Å²) in [6.07, 6.45) is 4.29. The van der Waals surface area contributed by atoms with Gasteiger partial charge in [0, 0.05) is 30.1 Å². The summed E-state index contributed by atoms with van der Waals surface area (Å²) in [5.41, 5.74) is 3.67. The molecule has 0 aliphatic rings.